The lowest BCUT2D eigenvalue weighted by atomic mass is 10.1. The fourth-order valence-corrected chi connectivity index (χ4v) is 4.28. The molecule has 0 spiro atoms. The zero-order chi connectivity index (χ0) is 19.0. The highest BCUT2D eigenvalue weighted by Crippen LogP contribution is 2.36. The first kappa shape index (κ1) is 17.8. The molecule has 2 aliphatic rings. The Morgan fingerprint density at radius 3 is 2.48 bits per heavy atom. The highest BCUT2D eigenvalue weighted by molar-refractivity contribution is 8.19. The Balaban J connectivity index is 1.65. The van der Waals surface area contributed by atoms with E-state index in [4.69, 9.17) is 0 Å². The van der Waals surface area contributed by atoms with Crippen LogP contribution in [0.3, 0.4) is 0 Å². The zero-order valence-electron chi connectivity index (χ0n) is 14.9. The molecule has 27 heavy (non-hydrogen) atoms. The quantitative estimate of drug-likeness (QED) is 0.703. The summed E-state index contributed by atoms with van der Waals surface area (Å²) in [5.74, 6) is -0.671. The van der Waals surface area contributed by atoms with Crippen molar-refractivity contribution in [3.8, 4) is 0 Å². The van der Waals surface area contributed by atoms with Gasteiger partial charge in [0.15, 0.2) is 0 Å². The summed E-state index contributed by atoms with van der Waals surface area (Å²) in [6, 6.07) is 12.1. The summed E-state index contributed by atoms with van der Waals surface area (Å²) in [6.07, 6.45) is 3.76. The number of thioether (sulfide) groups is 1. The van der Waals surface area contributed by atoms with Crippen LogP contribution in [0, 0.1) is 12.7 Å². The molecule has 6 heteroatoms. The fourth-order valence-electron chi connectivity index (χ4n) is 3.45. The molecule has 0 N–H and O–H groups in total. The van der Waals surface area contributed by atoms with Gasteiger partial charge in [-0.2, -0.15) is 0 Å². The van der Waals surface area contributed by atoms with Gasteiger partial charge < -0.3 is 4.90 Å². The maximum atomic E-state index is 14.6. The van der Waals surface area contributed by atoms with Crippen LogP contribution in [-0.4, -0.2) is 24.2 Å². The summed E-state index contributed by atoms with van der Waals surface area (Å²) >= 11 is 0.881. The number of halogens is 1. The van der Waals surface area contributed by atoms with Crippen molar-refractivity contribution in [3.63, 3.8) is 0 Å². The van der Waals surface area contributed by atoms with Crippen LogP contribution in [-0.2, 0) is 4.79 Å². The number of amides is 2. The van der Waals surface area contributed by atoms with Gasteiger partial charge in [-0.05, 0) is 73.0 Å². The van der Waals surface area contributed by atoms with Crippen LogP contribution in [0.4, 0.5) is 20.6 Å². The SMILES string of the molecule is Cc1cc(N2CCCC2)c(F)cc1/C=C1\SC(=O)N(c2ccccc2)C1=O. The molecule has 2 aliphatic heterocycles. The van der Waals surface area contributed by atoms with Crippen LogP contribution >= 0.6 is 11.8 Å². The first-order valence-corrected chi connectivity index (χ1v) is 9.74. The summed E-state index contributed by atoms with van der Waals surface area (Å²) in [4.78, 5) is 28.5. The molecule has 2 fully saturated rings. The number of rotatable bonds is 3. The van der Waals surface area contributed by atoms with E-state index in [1.165, 1.54) is 6.07 Å². The highest BCUT2D eigenvalue weighted by Gasteiger charge is 2.36. The molecular weight excluding hydrogens is 363 g/mol. The third-order valence-electron chi connectivity index (χ3n) is 4.88. The van der Waals surface area contributed by atoms with Gasteiger partial charge >= 0.3 is 0 Å². The van der Waals surface area contributed by atoms with Crippen LogP contribution in [0.2, 0.25) is 0 Å². The van der Waals surface area contributed by atoms with Gasteiger partial charge in [0.25, 0.3) is 11.1 Å². The van der Waals surface area contributed by atoms with Crippen molar-refractivity contribution in [1.82, 2.24) is 0 Å². The van der Waals surface area contributed by atoms with Crippen LogP contribution in [0.25, 0.3) is 6.08 Å². The maximum absolute atomic E-state index is 14.6. The average Bonchev–Trinajstić information content (AvgIpc) is 3.27. The average molecular weight is 382 g/mol. The van der Waals surface area contributed by atoms with Crippen molar-refractivity contribution < 1.29 is 14.0 Å². The summed E-state index contributed by atoms with van der Waals surface area (Å²) in [5.41, 5.74) is 2.65. The molecule has 0 unspecified atom stereocenters. The third kappa shape index (κ3) is 3.37. The first-order chi connectivity index (χ1) is 13.0. The summed E-state index contributed by atoms with van der Waals surface area (Å²) in [6.45, 7) is 3.63. The van der Waals surface area contributed by atoms with E-state index >= 15 is 0 Å². The lowest BCUT2D eigenvalue weighted by molar-refractivity contribution is -0.113. The number of hydrogen-bond acceptors (Lipinski definition) is 4. The van der Waals surface area contributed by atoms with E-state index in [9.17, 15) is 14.0 Å². The second-order valence-electron chi connectivity index (χ2n) is 6.71. The lowest BCUT2D eigenvalue weighted by Gasteiger charge is -2.19. The molecule has 2 saturated heterocycles. The molecule has 2 aromatic rings. The lowest BCUT2D eigenvalue weighted by Crippen LogP contribution is -2.27. The number of para-hydroxylation sites is 1. The molecule has 0 aliphatic carbocycles. The monoisotopic (exact) mass is 382 g/mol. The molecule has 0 atom stereocenters. The molecule has 0 aromatic heterocycles. The largest absolute Gasteiger partial charge is 0.369 e. The second-order valence-corrected chi connectivity index (χ2v) is 7.70. The van der Waals surface area contributed by atoms with E-state index in [-0.39, 0.29) is 17.0 Å². The Labute approximate surface area is 161 Å². The van der Waals surface area contributed by atoms with E-state index in [2.05, 4.69) is 4.90 Å². The Morgan fingerprint density at radius 2 is 1.78 bits per heavy atom. The third-order valence-corrected chi connectivity index (χ3v) is 5.75. The van der Waals surface area contributed by atoms with E-state index in [0.717, 1.165) is 48.2 Å². The molecule has 2 aromatic carbocycles. The number of anilines is 2. The highest BCUT2D eigenvalue weighted by atomic mass is 32.2. The fraction of sp³-hybridized carbons (Fsp3) is 0.238. The van der Waals surface area contributed by atoms with Gasteiger partial charge in [-0.1, -0.05) is 18.2 Å². The van der Waals surface area contributed by atoms with Crippen molar-refractivity contribution in [2.24, 2.45) is 0 Å². The van der Waals surface area contributed by atoms with Crippen LogP contribution in [0.1, 0.15) is 24.0 Å². The maximum Gasteiger partial charge on any atom is 0.298 e. The Morgan fingerprint density at radius 1 is 1.07 bits per heavy atom. The van der Waals surface area contributed by atoms with E-state index in [0.29, 0.717) is 21.8 Å². The van der Waals surface area contributed by atoms with Gasteiger partial charge in [0.1, 0.15) is 5.82 Å². The molecule has 138 valence electrons. The minimum absolute atomic E-state index is 0.295. The van der Waals surface area contributed by atoms with Crippen LogP contribution in [0.5, 0.6) is 0 Å². The zero-order valence-corrected chi connectivity index (χ0v) is 15.8. The number of carbonyl (C=O) groups is 2. The Bertz CT molecular complexity index is 937. The first-order valence-electron chi connectivity index (χ1n) is 8.93. The molecule has 2 amide bonds. The van der Waals surface area contributed by atoms with Crippen molar-refractivity contribution in [2.45, 2.75) is 19.8 Å². The number of aryl methyl sites for hydroxylation is 1. The second kappa shape index (κ2) is 7.19. The number of carbonyl (C=O) groups excluding carboxylic acids is 2. The van der Waals surface area contributed by atoms with E-state index in [1.54, 1.807) is 30.3 Å². The van der Waals surface area contributed by atoms with Crippen molar-refractivity contribution in [1.29, 1.82) is 0 Å². The molecule has 0 bridgehead atoms. The molecular formula is C21H19FN2O2S. The normalized spacial score (nSPS) is 18.8. The number of imide groups is 1. The molecule has 0 radical (unpaired) electrons. The van der Waals surface area contributed by atoms with Crippen LogP contribution in [0.15, 0.2) is 47.4 Å². The van der Waals surface area contributed by atoms with Gasteiger partial charge in [-0.25, -0.2) is 9.29 Å². The number of benzene rings is 2. The summed E-state index contributed by atoms with van der Waals surface area (Å²) in [5, 5.41) is -0.343. The van der Waals surface area contributed by atoms with Crippen molar-refractivity contribution >= 4 is 40.4 Å². The molecule has 2 heterocycles. The van der Waals surface area contributed by atoms with Gasteiger partial charge in [0, 0.05) is 13.1 Å². The number of nitrogens with zero attached hydrogens (tertiary/aromatic N) is 2. The van der Waals surface area contributed by atoms with Gasteiger partial charge in [-0.15, -0.1) is 0 Å². The molecule has 4 nitrogen and oxygen atoms in total. The smallest absolute Gasteiger partial charge is 0.298 e. The summed E-state index contributed by atoms with van der Waals surface area (Å²) in [7, 11) is 0. The summed E-state index contributed by atoms with van der Waals surface area (Å²) < 4.78 is 14.6. The Hall–Kier alpha value is -2.60. The van der Waals surface area contributed by atoms with Gasteiger partial charge in [0.05, 0.1) is 16.3 Å². The molecule has 4 rings (SSSR count). The minimum Gasteiger partial charge on any atom is -0.369 e. The Kier molecular flexibility index (Phi) is 4.74. The van der Waals surface area contributed by atoms with Gasteiger partial charge in [-0.3, -0.25) is 9.59 Å². The van der Waals surface area contributed by atoms with Crippen molar-refractivity contribution in [2.75, 3.05) is 22.9 Å². The van der Waals surface area contributed by atoms with E-state index < -0.39 is 0 Å². The van der Waals surface area contributed by atoms with Gasteiger partial charge in [0.2, 0.25) is 0 Å². The predicted molar refractivity (Wildman–Crippen MR) is 107 cm³/mol. The topological polar surface area (TPSA) is 40.6 Å². The minimum atomic E-state index is -0.375. The molecule has 0 saturated carbocycles. The predicted octanol–water partition coefficient (Wildman–Crippen LogP) is 4.98. The van der Waals surface area contributed by atoms with E-state index in [1.807, 2.05) is 19.1 Å². The van der Waals surface area contributed by atoms with Crippen molar-refractivity contribution in [3.05, 3.63) is 64.3 Å². The van der Waals surface area contributed by atoms with Crippen LogP contribution < -0.4 is 9.80 Å². The standard InChI is InChI=1S/C21H19FN2O2S/c1-14-11-18(23-9-5-6-10-23)17(22)12-15(14)13-19-20(25)24(21(26)27-19)16-7-3-2-4-8-16/h2-4,7-8,11-13H,5-6,9-10H2,1H3/b19-13-. The number of hydrogen-bond donors (Lipinski definition) is 0.